The highest BCUT2D eigenvalue weighted by molar-refractivity contribution is 6.30. The van der Waals surface area contributed by atoms with Crippen molar-refractivity contribution in [1.29, 1.82) is 0 Å². The number of para-hydroxylation sites is 2. The molecule has 31 heavy (non-hydrogen) atoms. The van der Waals surface area contributed by atoms with E-state index in [1.807, 2.05) is 24.3 Å². The molecule has 8 nitrogen and oxygen atoms in total. The molecule has 4 aromatic rings. The summed E-state index contributed by atoms with van der Waals surface area (Å²) < 4.78 is 14.8. The molecule has 0 amide bonds. The van der Waals surface area contributed by atoms with Gasteiger partial charge in [0.25, 0.3) is 5.56 Å². The summed E-state index contributed by atoms with van der Waals surface area (Å²) in [6.07, 6.45) is 1.55. The molecule has 9 heteroatoms. The lowest BCUT2D eigenvalue weighted by Gasteiger charge is -2.14. The van der Waals surface area contributed by atoms with Gasteiger partial charge in [0.05, 0.1) is 32.3 Å². The molecular formula is C22H21ClN4O4. The van der Waals surface area contributed by atoms with Crippen LogP contribution in [0, 0.1) is 0 Å². The standard InChI is InChI=1S/C22H21ClN4O4/c1-30-11-10-26-21(28)19-20(24-14-25(19)13-15-6-5-7-16(23)12-15)27(22(26)29)17-8-3-4-9-18(17)31-2/h3-9,12,14H,10-11,13H2,1-2H3. The van der Waals surface area contributed by atoms with Crippen molar-refractivity contribution >= 4 is 22.8 Å². The van der Waals surface area contributed by atoms with Crippen LogP contribution in [0.5, 0.6) is 5.75 Å². The summed E-state index contributed by atoms with van der Waals surface area (Å²) in [5.41, 5.74) is 1.04. The van der Waals surface area contributed by atoms with E-state index in [1.165, 1.54) is 18.8 Å². The summed E-state index contributed by atoms with van der Waals surface area (Å²) in [6.45, 7) is 0.706. The molecule has 2 aromatic heterocycles. The average Bonchev–Trinajstić information content (AvgIpc) is 3.17. The Morgan fingerprint density at radius 3 is 2.61 bits per heavy atom. The van der Waals surface area contributed by atoms with Crippen LogP contribution in [-0.2, 0) is 17.8 Å². The second kappa shape index (κ2) is 8.79. The van der Waals surface area contributed by atoms with E-state index >= 15 is 0 Å². The number of fused-ring (bicyclic) bond motifs is 1. The molecule has 4 rings (SSSR count). The van der Waals surface area contributed by atoms with E-state index in [1.54, 1.807) is 35.2 Å². The molecule has 2 aromatic carbocycles. The Labute approximate surface area is 182 Å². The highest BCUT2D eigenvalue weighted by Crippen LogP contribution is 2.23. The van der Waals surface area contributed by atoms with Crippen LogP contribution in [0.25, 0.3) is 16.9 Å². The lowest BCUT2D eigenvalue weighted by molar-refractivity contribution is 0.184. The van der Waals surface area contributed by atoms with Crippen molar-refractivity contribution in [3.63, 3.8) is 0 Å². The number of halogens is 1. The Balaban J connectivity index is 2.00. The number of benzene rings is 2. The lowest BCUT2D eigenvalue weighted by atomic mass is 10.2. The van der Waals surface area contributed by atoms with Crippen molar-refractivity contribution in [3.05, 3.63) is 86.3 Å². The zero-order valence-corrected chi connectivity index (χ0v) is 17.9. The predicted octanol–water partition coefficient (Wildman–Crippen LogP) is 2.71. The highest BCUT2D eigenvalue weighted by Gasteiger charge is 2.21. The first-order valence-corrected chi connectivity index (χ1v) is 10.0. The summed E-state index contributed by atoms with van der Waals surface area (Å²) in [5.74, 6) is 0.493. The molecule has 160 valence electrons. The Hall–Kier alpha value is -3.36. The van der Waals surface area contributed by atoms with Crippen LogP contribution in [0.3, 0.4) is 0 Å². The predicted molar refractivity (Wildman–Crippen MR) is 119 cm³/mol. The first-order valence-electron chi connectivity index (χ1n) is 9.62. The van der Waals surface area contributed by atoms with E-state index < -0.39 is 11.2 Å². The maximum Gasteiger partial charge on any atom is 0.337 e. The van der Waals surface area contributed by atoms with Gasteiger partial charge in [-0.15, -0.1) is 0 Å². The number of hydrogen-bond acceptors (Lipinski definition) is 5. The normalized spacial score (nSPS) is 11.2. The van der Waals surface area contributed by atoms with Gasteiger partial charge in [0.2, 0.25) is 0 Å². The van der Waals surface area contributed by atoms with E-state index in [0.717, 1.165) is 10.1 Å². The number of aromatic nitrogens is 4. The second-order valence-corrected chi connectivity index (χ2v) is 7.35. The Morgan fingerprint density at radius 1 is 1.06 bits per heavy atom. The van der Waals surface area contributed by atoms with Crippen molar-refractivity contribution in [2.24, 2.45) is 0 Å². The lowest BCUT2D eigenvalue weighted by Crippen LogP contribution is -2.41. The van der Waals surface area contributed by atoms with Crippen molar-refractivity contribution in [2.45, 2.75) is 13.1 Å². The summed E-state index contributed by atoms with van der Waals surface area (Å²) in [5, 5.41) is 0.602. The minimum atomic E-state index is -0.507. The number of imidazole rings is 1. The average molecular weight is 441 g/mol. The highest BCUT2D eigenvalue weighted by atomic mass is 35.5. The van der Waals surface area contributed by atoms with Gasteiger partial charge in [0.15, 0.2) is 11.2 Å². The van der Waals surface area contributed by atoms with Gasteiger partial charge in [-0.2, -0.15) is 0 Å². The molecule has 0 bridgehead atoms. The molecule has 0 radical (unpaired) electrons. The van der Waals surface area contributed by atoms with Gasteiger partial charge in [-0.1, -0.05) is 35.9 Å². The van der Waals surface area contributed by atoms with E-state index in [0.29, 0.717) is 28.5 Å². The van der Waals surface area contributed by atoms with Crippen molar-refractivity contribution in [1.82, 2.24) is 18.7 Å². The van der Waals surface area contributed by atoms with Crippen LogP contribution in [0.1, 0.15) is 5.56 Å². The molecule has 0 saturated carbocycles. The van der Waals surface area contributed by atoms with E-state index in [2.05, 4.69) is 4.98 Å². The molecule has 0 aliphatic carbocycles. The number of rotatable bonds is 7. The second-order valence-electron chi connectivity index (χ2n) is 6.91. The largest absolute Gasteiger partial charge is 0.495 e. The van der Waals surface area contributed by atoms with Gasteiger partial charge in [0.1, 0.15) is 5.75 Å². The molecule has 2 heterocycles. The van der Waals surface area contributed by atoms with Gasteiger partial charge < -0.3 is 14.0 Å². The van der Waals surface area contributed by atoms with Crippen molar-refractivity contribution in [2.75, 3.05) is 20.8 Å². The fraction of sp³-hybridized carbons (Fsp3) is 0.227. The third kappa shape index (κ3) is 3.87. The van der Waals surface area contributed by atoms with Gasteiger partial charge in [0, 0.05) is 18.7 Å². The zero-order chi connectivity index (χ0) is 22.0. The molecule has 0 aliphatic rings. The van der Waals surface area contributed by atoms with Crippen molar-refractivity contribution < 1.29 is 9.47 Å². The van der Waals surface area contributed by atoms with Crippen LogP contribution >= 0.6 is 11.6 Å². The minimum absolute atomic E-state index is 0.113. The van der Waals surface area contributed by atoms with Gasteiger partial charge in [-0.3, -0.25) is 9.36 Å². The zero-order valence-electron chi connectivity index (χ0n) is 17.1. The summed E-state index contributed by atoms with van der Waals surface area (Å²) in [7, 11) is 3.05. The van der Waals surface area contributed by atoms with Crippen LogP contribution in [0.2, 0.25) is 5.02 Å². The van der Waals surface area contributed by atoms with E-state index in [-0.39, 0.29) is 18.8 Å². The monoisotopic (exact) mass is 440 g/mol. The Bertz CT molecular complexity index is 1360. The number of hydrogen-bond donors (Lipinski definition) is 0. The maximum absolute atomic E-state index is 13.3. The minimum Gasteiger partial charge on any atom is -0.495 e. The summed E-state index contributed by atoms with van der Waals surface area (Å²) >= 11 is 6.11. The van der Waals surface area contributed by atoms with Crippen LogP contribution in [0.15, 0.2) is 64.4 Å². The van der Waals surface area contributed by atoms with Crippen molar-refractivity contribution in [3.8, 4) is 11.4 Å². The number of ether oxygens (including phenoxy) is 2. The van der Waals surface area contributed by atoms with E-state index in [9.17, 15) is 9.59 Å². The van der Waals surface area contributed by atoms with Gasteiger partial charge >= 0.3 is 5.69 Å². The molecule has 0 saturated heterocycles. The fourth-order valence-corrected chi connectivity index (χ4v) is 3.76. The quantitative estimate of drug-likeness (QED) is 0.441. The molecule has 0 fully saturated rings. The first kappa shape index (κ1) is 20.9. The topological polar surface area (TPSA) is 80.3 Å². The number of methoxy groups -OCH3 is 2. The third-order valence-corrected chi connectivity index (χ3v) is 5.22. The smallest absolute Gasteiger partial charge is 0.337 e. The molecule has 0 atom stereocenters. The van der Waals surface area contributed by atoms with Crippen LogP contribution in [-0.4, -0.2) is 39.5 Å². The number of nitrogens with zero attached hydrogens (tertiary/aromatic N) is 4. The molecule has 0 N–H and O–H groups in total. The molecule has 0 unspecified atom stereocenters. The Morgan fingerprint density at radius 2 is 1.87 bits per heavy atom. The summed E-state index contributed by atoms with van der Waals surface area (Å²) in [6, 6.07) is 14.5. The molecular weight excluding hydrogens is 420 g/mol. The summed E-state index contributed by atoms with van der Waals surface area (Å²) in [4.78, 5) is 31.1. The fourth-order valence-electron chi connectivity index (χ4n) is 3.54. The van der Waals surface area contributed by atoms with Gasteiger partial charge in [-0.05, 0) is 29.8 Å². The van der Waals surface area contributed by atoms with Crippen LogP contribution < -0.4 is 16.0 Å². The van der Waals surface area contributed by atoms with E-state index in [4.69, 9.17) is 21.1 Å². The molecule has 0 spiro atoms. The van der Waals surface area contributed by atoms with Crippen LogP contribution in [0.4, 0.5) is 0 Å². The van der Waals surface area contributed by atoms with Gasteiger partial charge in [-0.25, -0.2) is 14.3 Å². The Kier molecular flexibility index (Phi) is 5.92. The SMILES string of the molecule is COCCn1c(=O)c2c(ncn2Cc2cccc(Cl)c2)n(-c2ccccc2OC)c1=O. The maximum atomic E-state index is 13.3. The first-order chi connectivity index (χ1) is 15.0. The third-order valence-electron chi connectivity index (χ3n) is 4.99. The molecule has 0 aliphatic heterocycles.